The van der Waals surface area contributed by atoms with Crippen LogP contribution in [0, 0.1) is 0 Å². The van der Waals surface area contributed by atoms with Gasteiger partial charge in [-0.1, -0.05) is 24.3 Å². The third kappa shape index (κ3) is 3.73. The molecule has 2 atom stereocenters. The van der Waals surface area contributed by atoms with Crippen LogP contribution in [0.15, 0.2) is 48.5 Å². The highest BCUT2D eigenvalue weighted by atomic mass is 16.5. The Morgan fingerprint density at radius 1 is 1.11 bits per heavy atom. The summed E-state index contributed by atoms with van der Waals surface area (Å²) in [6.07, 6.45) is 2.20. The first-order valence-electron chi connectivity index (χ1n) is 9.71. The monoisotopic (exact) mass is 379 g/mol. The van der Waals surface area contributed by atoms with E-state index in [4.69, 9.17) is 4.74 Å². The standard InChI is InChI=1S/C22H25N3O3/c1-28-18-10-8-17(9-11-18)24-21(26)20-7-4-12-25(20)22(27)19-13-15-5-2-3-6-16(15)14-23-19/h2-3,5-6,8-11,19-20,23H,4,7,12-14H2,1H3,(H,24,26)/t19-,20-/m0/s1. The lowest BCUT2D eigenvalue weighted by molar-refractivity contribution is -0.138. The molecule has 0 unspecified atom stereocenters. The largest absolute Gasteiger partial charge is 0.497 e. The van der Waals surface area contributed by atoms with Gasteiger partial charge in [0.1, 0.15) is 11.8 Å². The van der Waals surface area contributed by atoms with Crippen molar-refractivity contribution in [2.24, 2.45) is 0 Å². The number of rotatable bonds is 4. The quantitative estimate of drug-likeness (QED) is 0.856. The number of nitrogens with one attached hydrogen (secondary N) is 2. The number of carbonyl (C=O) groups is 2. The maximum Gasteiger partial charge on any atom is 0.247 e. The van der Waals surface area contributed by atoms with Gasteiger partial charge in [-0.25, -0.2) is 0 Å². The molecule has 0 bridgehead atoms. The highest BCUT2D eigenvalue weighted by Gasteiger charge is 2.38. The minimum absolute atomic E-state index is 0.0156. The summed E-state index contributed by atoms with van der Waals surface area (Å²) in [6, 6.07) is 14.7. The third-order valence-corrected chi connectivity index (χ3v) is 5.58. The summed E-state index contributed by atoms with van der Waals surface area (Å²) in [5.41, 5.74) is 3.15. The molecule has 146 valence electrons. The number of benzene rings is 2. The van der Waals surface area contributed by atoms with Gasteiger partial charge in [0.15, 0.2) is 0 Å². The smallest absolute Gasteiger partial charge is 0.247 e. The molecule has 0 aromatic heterocycles. The number of nitrogens with zero attached hydrogens (tertiary/aromatic N) is 1. The van der Waals surface area contributed by atoms with Crippen molar-refractivity contribution < 1.29 is 14.3 Å². The lowest BCUT2D eigenvalue weighted by Gasteiger charge is -2.31. The molecule has 2 aromatic carbocycles. The van der Waals surface area contributed by atoms with E-state index in [-0.39, 0.29) is 17.9 Å². The Bertz CT molecular complexity index is 866. The molecular formula is C22H25N3O3. The van der Waals surface area contributed by atoms with Crippen LogP contribution in [0.1, 0.15) is 24.0 Å². The molecule has 0 saturated carbocycles. The van der Waals surface area contributed by atoms with E-state index in [0.717, 1.165) is 12.2 Å². The number of likely N-dealkylation sites (tertiary alicyclic amines) is 1. The third-order valence-electron chi connectivity index (χ3n) is 5.58. The van der Waals surface area contributed by atoms with Crippen LogP contribution in [0.4, 0.5) is 5.69 Å². The first kappa shape index (κ1) is 18.5. The van der Waals surface area contributed by atoms with Gasteiger partial charge in [-0.05, 0) is 54.7 Å². The second kappa shape index (κ2) is 8.02. The lowest BCUT2D eigenvalue weighted by Crippen LogP contribution is -2.53. The minimum Gasteiger partial charge on any atom is -0.497 e. The minimum atomic E-state index is -0.423. The Morgan fingerprint density at radius 2 is 1.86 bits per heavy atom. The number of amides is 2. The van der Waals surface area contributed by atoms with E-state index in [1.54, 1.807) is 36.3 Å². The van der Waals surface area contributed by atoms with Gasteiger partial charge in [0.25, 0.3) is 0 Å². The van der Waals surface area contributed by atoms with E-state index in [1.165, 1.54) is 11.1 Å². The summed E-state index contributed by atoms with van der Waals surface area (Å²) >= 11 is 0. The first-order chi connectivity index (χ1) is 13.7. The van der Waals surface area contributed by atoms with Crippen molar-refractivity contribution in [3.8, 4) is 5.75 Å². The second-order valence-electron chi connectivity index (χ2n) is 7.31. The van der Waals surface area contributed by atoms with Crippen molar-refractivity contribution in [1.29, 1.82) is 0 Å². The van der Waals surface area contributed by atoms with Crippen LogP contribution in [0.5, 0.6) is 5.75 Å². The van der Waals surface area contributed by atoms with Crippen LogP contribution in [0.25, 0.3) is 0 Å². The summed E-state index contributed by atoms with van der Waals surface area (Å²) in [7, 11) is 1.60. The number of fused-ring (bicyclic) bond motifs is 1. The van der Waals surface area contributed by atoms with E-state index in [9.17, 15) is 9.59 Å². The number of ether oxygens (including phenoxy) is 1. The molecule has 2 aliphatic rings. The summed E-state index contributed by atoms with van der Waals surface area (Å²) < 4.78 is 5.14. The number of carbonyl (C=O) groups excluding carboxylic acids is 2. The van der Waals surface area contributed by atoms with Gasteiger partial charge < -0.3 is 20.3 Å². The maximum absolute atomic E-state index is 13.1. The zero-order valence-corrected chi connectivity index (χ0v) is 16.0. The van der Waals surface area contributed by atoms with Crippen LogP contribution in [-0.2, 0) is 22.6 Å². The number of methoxy groups -OCH3 is 1. The van der Waals surface area contributed by atoms with E-state index < -0.39 is 6.04 Å². The molecule has 2 aromatic rings. The van der Waals surface area contributed by atoms with E-state index in [2.05, 4.69) is 22.8 Å². The molecule has 2 amide bonds. The van der Waals surface area contributed by atoms with Crippen LogP contribution >= 0.6 is 0 Å². The normalized spacial score (nSPS) is 21.1. The van der Waals surface area contributed by atoms with Gasteiger partial charge in [0, 0.05) is 18.8 Å². The number of hydrogen-bond donors (Lipinski definition) is 2. The molecule has 6 heteroatoms. The molecule has 2 heterocycles. The van der Waals surface area contributed by atoms with Crippen molar-refractivity contribution >= 4 is 17.5 Å². The van der Waals surface area contributed by atoms with E-state index in [0.29, 0.717) is 31.6 Å². The van der Waals surface area contributed by atoms with Crippen LogP contribution in [0.3, 0.4) is 0 Å². The van der Waals surface area contributed by atoms with Crippen molar-refractivity contribution in [1.82, 2.24) is 10.2 Å². The zero-order chi connectivity index (χ0) is 19.5. The molecule has 28 heavy (non-hydrogen) atoms. The van der Waals surface area contributed by atoms with Gasteiger partial charge in [-0.2, -0.15) is 0 Å². The Morgan fingerprint density at radius 3 is 2.61 bits per heavy atom. The Hall–Kier alpha value is -2.86. The summed E-state index contributed by atoms with van der Waals surface area (Å²) in [6.45, 7) is 1.31. The predicted molar refractivity (Wildman–Crippen MR) is 107 cm³/mol. The SMILES string of the molecule is COc1ccc(NC(=O)[C@@H]2CCCN2C(=O)[C@@H]2Cc3ccccc3CN2)cc1. The van der Waals surface area contributed by atoms with E-state index >= 15 is 0 Å². The lowest BCUT2D eigenvalue weighted by atomic mass is 9.95. The van der Waals surface area contributed by atoms with Gasteiger partial charge >= 0.3 is 0 Å². The fourth-order valence-corrected chi connectivity index (χ4v) is 4.03. The van der Waals surface area contributed by atoms with Crippen molar-refractivity contribution in [2.75, 3.05) is 19.0 Å². The van der Waals surface area contributed by atoms with Crippen molar-refractivity contribution in [3.63, 3.8) is 0 Å². The molecule has 4 rings (SSSR count). The first-order valence-corrected chi connectivity index (χ1v) is 9.71. The van der Waals surface area contributed by atoms with Gasteiger partial charge in [0.2, 0.25) is 11.8 Å². The molecule has 1 saturated heterocycles. The van der Waals surface area contributed by atoms with Crippen LogP contribution < -0.4 is 15.4 Å². The highest BCUT2D eigenvalue weighted by Crippen LogP contribution is 2.24. The van der Waals surface area contributed by atoms with Gasteiger partial charge in [-0.15, -0.1) is 0 Å². The molecule has 0 aliphatic carbocycles. The maximum atomic E-state index is 13.1. The Labute approximate surface area is 164 Å². The van der Waals surface area contributed by atoms with Crippen molar-refractivity contribution in [2.45, 2.75) is 37.9 Å². The van der Waals surface area contributed by atoms with Crippen molar-refractivity contribution in [3.05, 3.63) is 59.7 Å². The predicted octanol–water partition coefficient (Wildman–Crippen LogP) is 2.34. The van der Waals surface area contributed by atoms with Gasteiger partial charge in [-0.3, -0.25) is 9.59 Å². The highest BCUT2D eigenvalue weighted by molar-refractivity contribution is 5.98. The number of hydrogen-bond acceptors (Lipinski definition) is 4. The number of anilines is 1. The van der Waals surface area contributed by atoms with Crippen LogP contribution in [-0.4, -0.2) is 42.5 Å². The van der Waals surface area contributed by atoms with Crippen LogP contribution in [0.2, 0.25) is 0 Å². The van der Waals surface area contributed by atoms with E-state index in [1.807, 2.05) is 12.1 Å². The fraction of sp³-hybridized carbons (Fsp3) is 0.364. The Kier molecular flexibility index (Phi) is 5.30. The molecule has 2 N–H and O–H groups in total. The summed E-state index contributed by atoms with van der Waals surface area (Å²) in [4.78, 5) is 27.7. The molecular weight excluding hydrogens is 354 g/mol. The molecule has 1 fully saturated rings. The molecule has 6 nitrogen and oxygen atoms in total. The summed E-state index contributed by atoms with van der Waals surface area (Å²) in [5, 5.41) is 6.27. The fourth-order valence-electron chi connectivity index (χ4n) is 4.03. The Balaban J connectivity index is 1.42. The molecule has 0 radical (unpaired) electrons. The average Bonchev–Trinajstić information content (AvgIpc) is 3.23. The molecule has 0 spiro atoms. The average molecular weight is 379 g/mol. The topological polar surface area (TPSA) is 70.7 Å². The zero-order valence-electron chi connectivity index (χ0n) is 16.0. The second-order valence-corrected chi connectivity index (χ2v) is 7.31. The molecule has 2 aliphatic heterocycles. The van der Waals surface area contributed by atoms with Gasteiger partial charge in [0.05, 0.1) is 13.2 Å². The summed E-state index contributed by atoms with van der Waals surface area (Å²) in [5.74, 6) is 0.619.